The van der Waals surface area contributed by atoms with Crippen molar-refractivity contribution in [3.63, 3.8) is 0 Å². The third-order valence-electron chi connectivity index (χ3n) is 5.92. The highest BCUT2D eigenvalue weighted by atomic mass is 16.2. The molecule has 2 N–H and O–H groups in total. The van der Waals surface area contributed by atoms with Gasteiger partial charge in [-0.3, -0.25) is 9.59 Å². The summed E-state index contributed by atoms with van der Waals surface area (Å²) in [6, 6.07) is 15.7. The van der Waals surface area contributed by atoms with Gasteiger partial charge >= 0.3 is 0 Å². The quantitative estimate of drug-likeness (QED) is 0.713. The maximum Gasteiger partial charge on any atom is 0.227 e. The minimum absolute atomic E-state index is 0.0340. The number of fused-ring (bicyclic) bond motifs is 1. The lowest BCUT2D eigenvalue weighted by atomic mass is 9.95. The number of aromatic amines is 1. The number of benzene rings is 2. The maximum atomic E-state index is 12.6. The molecule has 1 saturated heterocycles. The van der Waals surface area contributed by atoms with E-state index in [4.69, 9.17) is 0 Å². The van der Waals surface area contributed by atoms with E-state index in [-0.39, 0.29) is 23.7 Å². The van der Waals surface area contributed by atoms with Crippen LogP contribution in [0.2, 0.25) is 0 Å². The van der Waals surface area contributed by atoms with Crippen LogP contribution >= 0.6 is 0 Å². The summed E-state index contributed by atoms with van der Waals surface area (Å²) in [6.07, 6.45) is 3.54. The summed E-state index contributed by atoms with van der Waals surface area (Å²) in [5, 5.41) is 3.02. The van der Waals surface area contributed by atoms with Crippen molar-refractivity contribution in [2.45, 2.75) is 25.7 Å². The lowest BCUT2D eigenvalue weighted by Crippen LogP contribution is -2.42. The fourth-order valence-corrected chi connectivity index (χ4v) is 4.00. The molecule has 148 valence electrons. The molecule has 2 heterocycles. The standard InChI is InChI=1S/C23H24N4O2/c28-22(16-11-13-27(14-12-16)23(29)17-5-6-17)24-18-9-7-15(8-10-18)21-25-19-3-1-2-4-20(19)26-21/h1-4,7-10,16-17H,5-6,11-14H2,(H,24,28)(H,25,26). The molecule has 0 unspecified atom stereocenters. The van der Waals surface area contributed by atoms with Crippen LogP contribution in [0, 0.1) is 11.8 Å². The van der Waals surface area contributed by atoms with Crippen LogP contribution in [-0.4, -0.2) is 39.8 Å². The van der Waals surface area contributed by atoms with Crippen molar-refractivity contribution in [2.24, 2.45) is 11.8 Å². The molecule has 1 aromatic heterocycles. The monoisotopic (exact) mass is 388 g/mol. The summed E-state index contributed by atoms with van der Waals surface area (Å²) >= 11 is 0. The van der Waals surface area contributed by atoms with Crippen molar-refractivity contribution in [1.82, 2.24) is 14.9 Å². The van der Waals surface area contributed by atoms with Gasteiger partial charge in [-0.25, -0.2) is 4.98 Å². The van der Waals surface area contributed by atoms with Gasteiger partial charge in [0.15, 0.2) is 0 Å². The molecule has 1 aliphatic heterocycles. The molecule has 0 spiro atoms. The number of hydrogen-bond donors (Lipinski definition) is 2. The number of nitrogens with zero attached hydrogens (tertiary/aromatic N) is 2. The van der Waals surface area contributed by atoms with Crippen LogP contribution in [0.15, 0.2) is 48.5 Å². The Morgan fingerprint density at radius 3 is 2.34 bits per heavy atom. The van der Waals surface area contributed by atoms with Crippen molar-refractivity contribution in [3.05, 3.63) is 48.5 Å². The number of likely N-dealkylation sites (tertiary alicyclic amines) is 1. The van der Waals surface area contributed by atoms with Crippen molar-refractivity contribution in [3.8, 4) is 11.4 Å². The van der Waals surface area contributed by atoms with E-state index in [2.05, 4.69) is 15.3 Å². The lowest BCUT2D eigenvalue weighted by molar-refractivity contribution is -0.135. The number of aromatic nitrogens is 2. The molecule has 6 heteroatoms. The fourth-order valence-electron chi connectivity index (χ4n) is 4.00. The first-order valence-electron chi connectivity index (χ1n) is 10.3. The normalized spacial score (nSPS) is 17.4. The maximum absolute atomic E-state index is 12.6. The van der Waals surface area contributed by atoms with Gasteiger partial charge in [-0.05, 0) is 62.1 Å². The van der Waals surface area contributed by atoms with Crippen molar-refractivity contribution < 1.29 is 9.59 Å². The van der Waals surface area contributed by atoms with Gasteiger partial charge in [0.1, 0.15) is 5.82 Å². The minimum Gasteiger partial charge on any atom is -0.342 e. The van der Waals surface area contributed by atoms with Crippen molar-refractivity contribution in [1.29, 1.82) is 0 Å². The molecule has 2 amide bonds. The molecule has 1 aliphatic carbocycles. The summed E-state index contributed by atoms with van der Waals surface area (Å²) in [5.41, 5.74) is 3.70. The van der Waals surface area contributed by atoms with Gasteiger partial charge in [0, 0.05) is 36.2 Å². The van der Waals surface area contributed by atoms with Gasteiger partial charge in [0.05, 0.1) is 11.0 Å². The smallest absolute Gasteiger partial charge is 0.227 e. The molecule has 2 aliphatic rings. The van der Waals surface area contributed by atoms with Crippen LogP contribution in [0.5, 0.6) is 0 Å². The molecule has 2 aromatic carbocycles. The summed E-state index contributed by atoms with van der Waals surface area (Å²) in [7, 11) is 0. The minimum atomic E-state index is -0.0340. The number of imidazole rings is 1. The topological polar surface area (TPSA) is 78.1 Å². The van der Waals surface area contributed by atoms with E-state index in [1.54, 1.807) is 0 Å². The molecule has 0 bridgehead atoms. The number of para-hydroxylation sites is 2. The Morgan fingerprint density at radius 1 is 0.931 bits per heavy atom. The Kier molecular flexibility index (Phi) is 4.54. The highest BCUT2D eigenvalue weighted by molar-refractivity contribution is 5.93. The highest BCUT2D eigenvalue weighted by Crippen LogP contribution is 2.32. The van der Waals surface area contributed by atoms with E-state index in [9.17, 15) is 9.59 Å². The van der Waals surface area contributed by atoms with Crippen LogP contribution < -0.4 is 5.32 Å². The second kappa shape index (κ2) is 7.35. The van der Waals surface area contributed by atoms with Gasteiger partial charge in [-0.2, -0.15) is 0 Å². The molecule has 5 rings (SSSR count). The van der Waals surface area contributed by atoms with Crippen molar-refractivity contribution >= 4 is 28.5 Å². The number of anilines is 1. The van der Waals surface area contributed by atoms with Crippen molar-refractivity contribution in [2.75, 3.05) is 18.4 Å². The molecule has 0 radical (unpaired) electrons. The summed E-state index contributed by atoms with van der Waals surface area (Å²) < 4.78 is 0. The number of rotatable bonds is 4. The average Bonchev–Trinajstić information content (AvgIpc) is 3.52. The predicted molar refractivity (Wildman–Crippen MR) is 112 cm³/mol. The second-order valence-corrected chi connectivity index (χ2v) is 8.04. The molecule has 0 atom stereocenters. The fraction of sp³-hybridized carbons (Fsp3) is 0.348. The van der Waals surface area contributed by atoms with E-state index < -0.39 is 0 Å². The molecule has 3 aromatic rings. The summed E-state index contributed by atoms with van der Waals surface area (Å²) in [5.74, 6) is 1.36. The Balaban J connectivity index is 1.19. The SMILES string of the molecule is O=C(Nc1ccc(-c2nc3ccccc3[nH]2)cc1)C1CCN(C(=O)C2CC2)CC1. The number of carbonyl (C=O) groups is 2. The number of hydrogen-bond acceptors (Lipinski definition) is 3. The summed E-state index contributed by atoms with van der Waals surface area (Å²) in [4.78, 5) is 34.6. The van der Waals surface area contributed by atoms with Gasteiger partial charge < -0.3 is 15.2 Å². The van der Waals surface area contributed by atoms with E-state index in [1.807, 2.05) is 53.4 Å². The first-order chi connectivity index (χ1) is 14.2. The second-order valence-electron chi connectivity index (χ2n) is 8.04. The van der Waals surface area contributed by atoms with E-state index >= 15 is 0 Å². The molecule has 29 heavy (non-hydrogen) atoms. The number of nitrogens with one attached hydrogen (secondary N) is 2. The molecule has 2 fully saturated rings. The summed E-state index contributed by atoms with van der Waals surface area (Å²) in [6.45, 7) is 1.39. The molecule has 1 saturated carbocycles. The third-order valence-corrected chi connectivity index (χ3v) is 5.92. The van der Waals surface area contributed by atoms with Crippen LogP contribution in [0.25, 0.3) is 22.4 Å². The van der Waals surface area contributed by atoms with Crippen LogP contribution in [0.3, 0.4) is 0 Å². The van der Waals surface area contributed by atoms with Crippen LogP contribution in [0.1, 0.15) is 25.7 Å². The Hall–Kier alpha value is -3.15. The van der Waals surface area contributed by atoms with E-state index in [1.165, 1.54) is 0 Å². The lowest BCUT2D eigenvalue weighted by Gasteiger charge is -2.31. The van der Waals surface area contributed by atoms with Gasteiger partial charge in [0.2, 0.25) is 11.8 Å². The third kappa shape index (κ3) is 3.75. The Bertz CT molecular complexity index is 1010. The van der Waals surface area contributed by atoms with Gasteiger partial charge in [-0.15, -0.1) is 0 Å². The number of amides is 2. The first kappa shape index (κ1) is 17.9. The largest absolute Gasteiger partial charge is 0.342 e. The van der Waals surface area contributed by atoms with E-state index in [0.29, 0.717) is 13.1 Å². The van der Waals surface area contributed by atoms with Gasteiger partial charge in [-0.1, -0.05) is 12.1 Å². The highest BCUT2D eigenvalue weighted by Gasteiger charge is 2.35. The average molecular weight is 388 g/mol. The first-order valence-corrected chi connectivity index (χ1v) is 10.3. The zero-order chi connectivity index (χ0) is 19.8. The van der Waals surface area contributed by atoms with E-state index in [0.717, 1.165) is 53.8 Å². The number of carbonyl (C=O) groups excluding carboxylic acids is 2. The Morgan fingerprint density at radius 2 is 1.66 bits per heavy atom. The zero-order valence-electron chi connectivity index (χ0n) is 16.2. The van der Waals surface area contributed by atoms with Crippen LogP contribution in [-0.2, 0) is 9.59 Å². The van der Waals surface area contributed by atoms with Crippen LogP contribution in [0.4, 0.5) is 5.69 Å². The number of piperidine rings is 1. The predicted octanol–water partition coefficient (Wildman–Crippen LogP) is 3.82. The Labute approximate surface area is 169 Å². The zero-order valence-corrected chi connectivity index (χ0v) is 16.2. The molecular formula is C23H24N4O2. The number of H-pyrrole nitrogens is 1. The molecular weight excluding hydrogens is 364 g/mol. The molecule has 6 nitrogen and oxygen atoms in total. The van der Waals surface area contributed by atoms with Gasteiger partial charge in [0.25, 0.3) is 0 Å².